The molecule has 0 radical (unpaired) electrons. The maximum Gasteiger partial charge on any atom is 0.0541 e. The van der Waals surface area contributed by atoms with Crippen LogP contribution in [0, 0.1) is 0 Å². The van der Waals surface area contributed by atoms with Crippen molar-refractivity contribution in [2.75, 3.05) is 11.9 Å². The minimum absolute atomic E-state index is 0.115. The molecule has 2 heteroatoms. The lowest BCUT2D eigenvalue weighted by Gasteiger charge is -2.11. The smallest absolute Gasteiger partial charge is 0.0541 e. The van der Waals surface area contributed by atoms with Crippen LogP contribution in [0.2, 0.25) is 0 Å². The first-order valence-electron chi connectivity index (χ1n) is 11.3. The van der Waals surface area contributed by atoms with Crippen molar-refractivity contribution in [1.82, 2.24) is 0 Å². The molecule has 0 aliphatic heterocycles. The van der Waals surface area contributed by atoms with Crippen molar-refractivity contribution < 1.29 is 5.11 Å². The summed E-state index contributed by atoms with van der Waals surface area (Å²) in [5, 5.41) is 13.5. The maximum atomic E-state index is 10.1. The maximum absolute atomic E-state index is 10.1. The van der Waals surface area contributed by atoms with Crippen LogP contribution < -0.4 is 5.32 Å². The van der Waals surface area contributed by atoms with Crippen LogP contribution in [0.25, 0.3) is 0 Å². The largest absolute Gasteiger partial charge is 0.393 e. The van der Waals surface area contributed by atoms with Crippen molar-refractivity contribution in [3.8, 4) is 0 Å². The molecule has 0 bridgehead atoms. The summed E-state index contributed by atoms with van der Waals surface area (Å²) >= 11 is 0. The summed E-state index contributed by atoms with van der Waals surface area (Å²) in [6, 6.07) is 10.3. The number of unbranched alkanes of at least 4 members (excludes halogenated alkanes) is 11. The number of aliphatic hydroxyl groups excluding tert-OH is 1. The van der Waals surface area contributed by atoms with Crippen molar-refractivity contribution in [1.29, 1.82) is 0 Å². The van der Waals surface area contributed by atoms with E-state index in [1.807, 2.05) is 18.2 Å². The van der Waals surface area contributed by atoms with E-state index in [9.17, 15) is 5.11 Å². The molecule has 0 amide bonds. The van der Waals surface area contributed by atoms with Crippen molar-refractivity contribution in [2.45, 2.75) is 109 Å². The highest BCUT2D eigenvalue weighted by Gasteiger charge is 2.03. The third kappa shape index (κ3) is 14.2. The first-order valence-corrected chi connectivity index (χ1v) is 11.3. The summed E-state index contributed by atoms with van der Waals surface area (Å²) in [6.07, 6.45) is 19.3. The van der Waals surface area contributed by atoms with Gasteiger partial charge in [-0.2, -0.15) is 0 Å². The number of hydrogen-bond donors (Lipinski definition) is 2. The Morgan fingerprint density at radius 1 is 0.692 bits per heavy atom. The molecule has 0 aromatic heterocycles. The minimum atomic E-state index is -0.115. The first kappa shape index (κ1) is 23.0. The number of para-hydroxylation sites is 1. The predicted octanol–water partition coefficient (Wildman–Crippen LogP) is 7.33. The molecule has 1 atom stereocenters. The quantitative estimate of drug-likeness (QED) is 0.268. The molecule has 1 aromatic rings. The molecule has 0 saturated heterocycles. The van der Waals surface area contributed by atoms with Gasteiger partial charge in [-0.1, -0.05) is 102 Å². The normalized spacial score (nSPS) is 12.2. The fourth-order valence-electron chi connectivity index (χ4n) is 3.49. The van der Waals surface area contributed by atoms with Gasteiger partial charge in [-0.25, -0.2) is 0 Å². The molecular formula is C24H43NO. The molecule has 0 heterocycles. The second-order valence-corrected chi connectivity index (χ2v) is 7.77. The standard InChI is InChI=1S/C24H43NO/c1-2-3-4-5-6-7-8-9-10-11-12-16-20-24(26)21-17-22-25-23-18-14-13-15-19-23/h13-15,18-19,24-26H,2-12,16-17,20-22H2,1H3. The molecule has 0 aliphatic carbocycles. The molecule has 150 valence electrons. The minimum Gasteiger partial charge on any atom is -0.393 e. The summed E-state index contributed by atoms with van der Waals surface area (Å²) in [4.78, 5) is 0. The highest BCUT2D eigenvalue weighted by Crippen LogP contribution is 2.14. The number of aliphatic hydroxyl groups is 1. The number of nitrogens with one attached hydrogen (secondary N) is 1. The van der Waals surface area contributed by atoms with Crippen molar-refractivity contribution in [2.24, 2.45) is 0 Å². The molecule has 1 unspecified atom stereocenters. The summed E-state index contributed by atoms with van der Waals surface area (Å²) in [5.41, 5.74) is 1.17. The SMILES string of the molecule is CCCCCCCCCCCCCCC(O)CCCNc1ccccc1. The van der Waals surface area contributed by atoms with Gasteiger partial charge in [-0.15, -0.1) is 0 Å². The average Bonchev–Trinajstić information content (AvgIpc) is 2.67. The topological polar surface area (TPSA) is 32.3 Å². The number of rotatable bonds is 18. The van der Waals surface area contributed by atoms with E-state index in [-0.39, 0.29) is 6.10 Å². The fraction of sp³-hybridized carbons (Fsp3) is 0.750. The summed E-state index contributed by atoms with van der Waals surface area (Å²) in [6.45, 7) is 3.22. The zero-order chi connectivity index (χ0) is 18.7. The van der Waals surface area contributed by atoms with Crippen LogP contribution in [-0.4, -0.2) is 17.8 Å². The Bertz CT molecular complexity index is 392. The van der Waals surface area contributed by atoms with Crippen LogP contribution in [0.1, 0.15) is 103 Å². The molecule has 0 spiro atoms. The summed E-state index contributed by atoms with van der Waals surface area (Å²) in [5.74, 6) is 0. The van der Waals surface area contributed by atoms with E-state index in [1.54, 1.807) is 0 Å². The van der Waals surface area contributed by atoms with Gasteiger partial charge < -0.3 is 10.4 Å². The van der Waals surface area contributed by atoms with Gasteiger partial charge >= 0.3 is 0 Å². The van der Waals surface area contributed by atoms with E-state index in [0.29, 0.717) is 0 Å². The molecular weight excluding hydrogens is 318 g/mol. The molecule has 0 aliphatic rings. The number of anilines is 1. The lowest BCUT2D eigenvalue weighted by atomic mass is 10.0. The van der Waals surface area contributed by atoms with E-state index in [1.165, 1.54) is 82.7 Å². The van der Waals surface area contributed by atoms with E-state index < -0.39 is 0 Å². The van der Waals surface area contributed by atoms with Crippen LogP contribution in [0.3, 0.4) is 0 Å². The molecule has 0 fully saturated rings. The van der Waals surface area contributed by atoms with Crippen LogP contribution in [0.4, 0.5) is 5.69 Å². The van der Waals surface area contributed by atoms with Gasteiger partial charge in [0.25, 0.3) is 0 Å². The molecule has 0 saturated carbocycles. The zero-order valence-corrected chi connectivity index (χ0v) is 17.2. The van der Waals surface area contributed by atoms with Crippen LogP contribution in [0.5, 0.6) is 0 Å². The van der Waals surface area contributed by atoms with Gasteiger partial charge in [0.05, 0.1) is 6.10 Å². The van der Waals surface area contributed by atoms with Crippen molar-refractivity contribution >= 4 is 5.69 Å². The Morgan fingerprint density at radius 3 is 1.77 bits per heavy atom. The third-order valence-corrected chi connectivity index (χ3v) is 5.21. The van der Waals surface area contributed by atoms with Crippen LogP contribution in [0.15, 0.2) is 30.3 Å². The average molecular weight is 362 g/mol. The van der Waals surface area contributed by atoms with Gasteiger partial charge in [0.15, 0.2) is 0 Å². The third-order valence-electron chi connectivity index (χ3n) is 5.21. The fourth-order valence-corrected chi connectivity index (χ4v) is 3.49. The molecule has 1 aromatic carbocycles. The van der Waals surface area contributed by atoms with E-state index >= 15 is 0 Å². The monoisotopic (exact) mass is 361 g/mol. The Kier molecular flexibility index (Phi) is 15.4. The Balaban J connectivity index is 1.78. The summed E-state index contributed by atoms with van der Waals surface area (Å²) < 4.78 is 0. The number of hydrogen-bond acceptors (Lipinski definition) is 2. The van der Waals surface area contributed by atoms with Gasteiger partial charge in [0.1, 0.15) is 0 Å². The molecule has 2 N–H and O–H groups in total. The Labute approximate surface area is 162 Å². The first-order chi connectivity index (χ1) is 12.8. The van der Waals surface area contributed by atoms with Crippen molar-refractivity contribution in [3.63, 3.8) is 0 Å². The lowest BCUT2D eigenvalue weighted by Crippen LogP contribution is -2.10. The zero-order valence-electron chi connectivity index (χ0n) is 17.2. The Hall–Kier alpha value is -1.02. The highest BCUT2D eigenvalue weighted by atomic mass is 16.3. The molecule has 1 rings (SSSR count). The second kappa shape index (κ2) is 17.4. The lowest BCUT2D eigenvalue weighted by molar-refractivity contribution is 0.149. The highest BCUT2D eigenvalue weighted by molar-refractivity contribution is 5.42. The van der Waals surface area contributed by atoms with Crippen molar-refractivity contribution in [3.05, 3.63) is 30.3 Å². The van der Waals surface area contributed by atoms with Crippen LogP contribution in [-0.2, 0) is 0 Å². The van der Waals surface area contributed by atoms with Gasteiger partial charge in [0.2, 0.25) is 0 Å². The van der Waals surface area contributed by atoms with Gasteiger partial charge in [-0.05, 0) is 31.4 Å². The molecule has 2 nitrogen and oxygen atoms in total. The molecule has 26 heavy (non-hydrogen) atoms. The van der Waals surface area contributed by atoms with Crippen LogP contribution >= 0.6 is 0 Å². The second-order valence-electron chi connectivity index (χ2n) is 7.77. The Morgan fingerprint density at radius 2 is 1.19 bits per heavy atom. The van der Waals surface area contributed by atoms with Gasteiger partial charge in [0, 0.05) is 12.2 Å². The van der Waals surface area contributed by atoms with E-state index in [0.717, 1.165) is 25.8 Å². The van der Waals surface area contributed by atoms with E-state index in [4.69, 9.17) is 0 Å². The summed E-state index contributed by atoms with van der Waals surface area (Å²) in [7, 11) is 0. The van der Waals surface area contributed by atoms with Gasteiger partial charge in [-0.3, -0.25) is 0 Å². The van der Waals surface area contributed by atoms with E-state index in [2.05, 4.69) is 24.4 Å². The number of benzene rings is 1. The predicted molar refractivity (Wildman–Crippen MR) is 116 cm³/mol.